The highest BCUT2D eigenvalue weighted by molar-refractivity contribution is 9.10. The van der Waals surface area contributed by atoms with Crippen molar-refractivity contribution < 1.29 is 5.11 Å². The van der Waals surface area contributed by atoms with Crippen LogP contribution in [0.25, 0.3) is 0 Å². The SMILES string of the molecule is OCc1ccc(Br)cc1N1CCN(c2nccs2)CC1. The fraction of sp³-hybridized carbons (Fsp3) is 0.357. The lowest BCUT2D eigenvalue weighted by Crippen LogP contribution is -2.46. The van der Waals surface area contributed by atoms with Crippen molar-refractivity contribution in [3.63, 3.8) is 0 Å². The first-order valence-electron chi connectivity index (χ1n) is 6.56. The Morgan fingerprint density at radius 2 is 1.95 bits per heavy atom. The molecule has 4 nitrogen and oxygen atoms in total. The van der Waals surface area contributed by atoms with Gasteiger partial charge in [-0.15, -0.1) is 11.3 Å². The predicted octanol–water partition coefficient (Wildman–Crippen LogP) is 2.72. The number of nitrogens with zero attached hydrogens (tertiary/aromatic N) is 3. The summed E-state index contributed by atoms with van der Waals surface area (Å²) in [5, 5.41) is 12.6. The number of hydrogen-bond acceptors (Lipinski definition) is 5. The summed E-state index contributed by atoms with van der Waals surface area (Å²) in [6, 6.07) is 6.04. The van der Waals surface area contributed by atoms with E-state index in [1.807, 2.05) is 23.7 Å². The first-order chi connectivity index (χ1) is 9.78. The molecule has 1 aliphatic heterocycles. The third kappa shape index (κ3) is 2.82. The van der Waals surface area contributed by atoms with E-state index in [1.54, 1.807) is 11.3 Å². The van der Waals surface area contributed by atoms with Gasteiger partial charge in [0.05, 0.1) is 6.61 Å². The lowest BCUT2D eigenvalue weighted by molar-refractivity contribution is 0.282. The Labute approximate surface area is 130 Å². The number of hydrogen-bond donors (Lipinski definition) is 1. The molecule has 2 heterocycles. The summed E-state index contributed by atoms with van der Waals surface area (Å²) >= 11 is 5.19. The van der Waals surface area contributed by atoms with Crippen LogP contribution in [0.3, 0.4) is 0 Å². The van der Waals surface area contributed by atoms with Crippen molar-refractivity contribution in [1.29, 1.82) is 0 Å². The largest absolute Gasteiger partial charge is 0.392 e. The van der Waals surface area contributed by atoms with Crippen molar-refractivity contribution in [2.45, 2.75) is 6.61 Å². The van der Waals surface area contributed by atoms with Gasteiger partial charge in [0, 0.05) is 53.5 Å². The van der Waals surface area contributed by atoms with Gasteiger partial charge >= 0.3 is 0 Å². The molecule has 0 aliphatic carbocycles. The van der Waals surface area contributed by atoms with Crippen LogP contribution in [-0.4, -0.2) is 36.3 Å². The first-order valence-corrected chi connectivity index (χ1v) is 8.24. The van der Waals surface area contributed by atoms with Gasteiger partial charge in [-0.1, -0.05) is 22.0 Å². The monoisotopic (exact) mass is 353 g/mol. The maximum absolute atomic E-state index is 9.48. The van der Waals surface area contributed by atoms with E-state index >= 15 is 0 Å². The molecule has 1 aliphatic rings. The fourth-order valence-corrected chi connectivity index (χ4v) is 3.52. The van der Waals surface area contributed by atoms with Crippen molar-refractivity contribution >= 4 is 38.1 Å². The minimum absolute atomic E-state index is 0.0787. The molecule has 6 heteroatoms. The normalized spacial score (nSPS) is 15.7. The van der Waals surface area contributed by atoms with Gasteiger partial charge in [0.1, 0.15) is 0 Å². The summed E-state index contributed by atoms with van der Waals surface area (Å²) < 4.78 is 1.05. The van der Waals surface area contributed by atoms with Crippen LogP contribution >= 0.6 is 27.3 Å². The molecule has 0 saturated carbocycles. The summed E-state index contributed by atoms with van der Waals surface area (Å²) in [6.07, 6.45) is 1.85. The molecule has 0 bridgehead atoms. The number of aliphatic hydroxyl groups excluding tert-OH is 1. The minimum atomic E-state index is 0.0787. The van der Waals surface area contributed by atoms with Gasteiger partial charge < -0.3 is 14.9 Å². The van der Waals surface area contributed by atoms with Gasteiger partial charge in [-0.2, -0.15) is 0 Å². The number of aliphatic hydroxyl groups is 1. The van der Waals surface area contributed by atoms with Crippen molar-refractivity contribution in [2.24, 2.45) is 0 Å². The zero-order valence-corrected chi connectivity index (χ0v) is 13.4. The molecule has 1 N–H and O–H groups in total. The Balaban J connectivity index is 1.73. The Hall–Kier alpha value is -1.11. The van der Waals surface area contributed by atoms with E-state index in [-0.39, 0.29) is 6.61 Å². The summed E-state index contributed by atoms with van der Waals surface area (Å²) in [6.45, 7) is 3.90. The second-order valence-electron chi connectivity index (χ2n) is 4.72. The fourth-order valence-electron chi connectivity index (χ4n) is 2.48. The number of benzene rings is 1. The maximum Gasteiger partial charge on any atom is 0.185 e. The number of aromatic nitrogens is 1. The van der Waals surface area contributed by atoms with E-state index < -0.39 is 0 Å². The highest BCUT2D eigenvalue weighted by atomic mass is 79.9. The molecule has 1 fully saturated rings. The molecule has 0 spiro atoms. The van der Waals surface area contributed by atoms with E-state index in [9.17, 15) is 5.11 Å². The topological polar surface area (TPSA) is 39.6 Å². The molecule has 0 unspecified atom stereocenters. The predicted molar refractivity (Wildman–Crippen MR) is 86.6 cm³/mol. The van der Waals surface area contributed by atoms with E-state index in [0.717, 1.165) is 47.0 Å². The molecule has 1 aromatic carbocycles. The molecule has 2 aromatic rings. The van der Waals surface area contributed by atoms with Gasteiger partial charge in [0.15, 0.2) is 5.13 Å². The van der Waals surface area contributed by atoms with Crippen LogP contribution < -0.4 is 9.80 Å². The maximum atomic E-state index is 9.48. The highest BCUT2D eigenvalue weighted by Crippen LogP contribution is 2.27. The van der Waals surface area contributed by atoms with E-state index in [0.29, 0.717) is 0 Å². The van der Waals surface area contributed by atoms with Crippen LogP contribution in [0.5, 0.6) is 0 Å². The Morgan fingerprint density at radius 1 is 1.20 bits per heavy atom. The summed E-state index contributed by atoms with van der Waals surface area (Å²) in [7, 11) is 0. The van der Waals surface area contributed by atoms with Crippen LogP contribution in [-0.2, 0) is 6.61 Å². The number of rotatable bonds is 3. The molecule has 1 aromatic heterocycles. The quantitative estimate of drug-likeness (QED) is 0.920. The van der Waals surface area contributed by atoms with Gasteiger partial charge in [-0.3, -0.25) is 0 Å². The lowest BCUT2D eigenvalue weighted by atomic mass is 10.1. The summed E-state index contributed by atoms with van der Waals surface area (Å²) in [5.41, 5.74) is 2.11. The molecular formula is C14H16BrN3OS. The number of anilines is 2. The van der Waals surface area contributed by atoms with Crippen molar-refractivity contribution in [2.75, 3.05) is 36.0 Å². The van der Waals surface area contributed by atoms with Gasteiger partial charge in [-0.25, -0.2) is 4.98 Å². The molecule has 20 heavy (non-hydrogen) atoms. The molecule has 0 amide bonds. The highest BCUT2D eigenvalue weighted by Gasteiger charge is 2.20. The first kappa shape index (κ1) is 13.9. The van der Waals surface area contributed by atoms with E-state index in [2.05, 4.69) is 36.8 Å². The van der Waals surface area contributed by atoms with Crippen molar-refractivity contribution in [3.8, 4) is 0 Å². The number of thiazole rings is 1. The van der Waals surface area contributed by atoms with Crippen LogP contribution in [0.2, 0.25) is 0 Å². The van der Waals surface area contributed by atoms with Crippen LogP contribution in [0, 0.1) is 0 Å². The Bertz CT molecular complexity index is 568. The van der Waals surface area contributed by atoms with E-state index in [4.69, 9.17) is 0 Å². The number of halogens is 1. The molecule has 106 valence electrons. The molecule has 3 rings (SSSR count). The second kappa shape index (κ2) is 6.11. The molecule has 1 saturated heterocycles. The summed E-state index contributed by atoms with van der Waals surface area (Å²) in [5.74, 6) is 0. The second-order valence-corrected chi connectivity index (χ2v) is 6.51. The standard InChI is InChI=1S/C14H16BrN3OS/c15-12-2-1-11(10-19)13(9-12)17-4-6-18(7-5-17)14-16-3-8-20-14/h1-3,8-9,19H,4-7,10H2. The molecule has 0 atom stereocenters. The van der Waals surface area contributed by atoms with Gasteiger partial charge in [-0.05, 0) is 12.1 Å². The van der Waals surface area contributed by atoms with E-state index in [1.165, 1.54) is 0 Å². The van der Waals surface area contributed by atoms with Crippen LogP contribution in [0.4, 0.5) is 10.8 Å². The third-order valence-corrected chi connectivity index (χ3v) is 4.85. The number of piperazine rings is 1. The average Bonchev–Trinajstić information content (AvgIpc) is 3.02. The van der Waals surface area contributed by atoms with Crippen LogP contribution in [0.15, 0.2) is 34.2 Å². The Morgan fingerprint density at radius 3 is 2.60 bits per heavy atom. The summed E-state index contributed by atoms with van der Waals surface area (Å²) in [4.78, 5) is 9.01. The Kier molecular flexibility index (Phi) is 4.24. The smallest absolute Gasteiger partial charge is 0.185 e. The average molecular weight is 354 g/mol. The molecular weight excluding hydrogens is 338 g/mol. The zero-order valence-electron chi connectivity index (χ0n) is 11.0. The lowest BCUT2D eigenvalue weighted by Gasteiger charge is -2.36. The van der Waals surface area contributed by atoms with Crippen molar-refractivity contribution in [1.82, 2.24) is 4.98 Å². The minimum Gasteiger partial charge on any atom is -0.392 e. The third-order valence-electron chi connectivity index (χ3n) is 3.53. The van der Waals surface area contributed by atoms with Crippen molar-refractivity contribution in [3.05, 3.63) is 39.8 Å². The molecule has 0 radical (unpaired) electrons. The zero-order chi connectivity index (χ0) is 13.9. The van der Waals surface area contributed by atoms with Crippen LogP contribution in [0.1, 0.15) is 5.56 Å². The van der Waals surface area contributed by atoms with Gasteiger partial charge in [0.25, 0.3) is 0 Å². The van der Waals surface area contributed by atoms with Gasteiger partial charge in [0.2, 0.25) is 0 Å².